The lowest BCUT2D eigenvalue weighted by molar-refractivity contribution is -0.384. The molecule has 27 heavy (non-hydrogen) atoms. The predicted octanol–water partition coefficient (Wildman–Crippen LogP) is 2.05. The van der Waals surface area contributed by atoms with Gasteiger partial charge in [0, 0.05) is 24.0 Å². The summed E-state index contributed by atoms with van der Waals surface area (Å²) in [6, 6.07) is 7.21. The number of fused-ring (bicyclic) bond motifs is 1. The highest BCUT2D eigenvalue weighted by molar-refractivity contribution is 5.96. The smallest absolute Gasteiger partial charge is 0.340 e. The van der Waals surface area contributed by atoms with Crippen LogP contribution in [0.2, 0.25) is 0 Å². The fourth-order valence-electron chi connectivity index (χ4n) is 2.43. The fraction of sp³-hybridized carbons (Fsp3) is 0.176. The molecule has 0 aliphatic heterocycles. The van der Waals surface area contributed by atoms with Gasteiger partial charge in [-0.15, -0.1) is 10.2 Å². The number of aromatic nitrogens is 3. The molecule has 10 heteroatoms. The predicted molar refractivity (Wildman–Crippen MR) is 94.5 cm³/mol. The van der Waals surface area contributed by atoms with E-state index in [-0.39, 0.29) is 11.3 Å². The number of ether oxygens (including phenoxy) is 1. The van der Waals surface area contributed by atoms with Crippen LogP contribution in [0, 0.1) is 24.0 Å². The maximum Gasteiger partial charge on any atom is 0.340 e. The Morgan fingerprint density at radius 1 is 1.22 bits per heavy atom. The molecule has 1 N–H and O–H groups in total. The van der Waals surface area contributed by atoms with Crippen LogP contribution in [0.1, 0.15) is 21.7 Å². The molecular formula is C17H15N5O5. The molecule has 0 bridgehead atoms. The number of benzene rings is 1. The zero-order chi connectivity index (χ0) is 19.6. The number of carbonyl (C=O) groups excluding carboxylic acids is 2. The second-order valence-electron chi connectivity index (χ2n) is 5.77. The molecule has 3 rings (SSSR count). The summed E-state index contributed by atoms with van der Waals surface area (Å²) < 4.78 is 6.65. The molecule has 0 saturated heterocycles. The highest BCUT2D eigenvalue weighted by Gasteiger charge is 2.14. The Bertz CT molecular complexity index is 1060. The zero-order valence-electron chi connectivity index (χ0n) is 14.5. The van der Waals surface area contributed by atoms with Crippen LogP contribution < -0.4 is 5.32 Å². The Morgan fingerprint density at radius 2 is 2.00 bits per heavy atom. The number of non-ortho nitro benzene ring substituents is 1. The minimum Gasteiger partial charge on any atom is -0.452 e. The van der Waals surface area contributed by atoms with Gasteiger partial charge in [-0.3, -0.25) is 19.3 Å². The molecule has 2 heterocycles. The van der Waals surface area contributed by atoms with Crippen molar-refractivity contribution in [2.75, 3.05) is 11.9 Å². The second kappa shape index (κ2) is 7.20. The van der Waals surface area contributed by atoms with E-state index < -0.39 is 23.4 Å². The molecule has 0 spiro atoms. The van der Waals surface area contributed by atoms with E-state index in [0.29, 0.717) is 22.7 Å². The first kappa shape index (κ1) is 18.0. The third-order valence-electron chi connectivity index (χ3n) is 3.84. The van der Waals surface area contributed by atoms with Crippen molar-refractivity contribution in [3.63, 3.8) is 0 Å². The van der Waals surface area contributed by atoms with Gasteiger partial charge >= 0.3 is 5.97 Å². The maximum atomic E-state index is 12.1. The molecular weight excluding hydrogens is 354 g/mol. The molecule has 0 aliphatic carbocycles. The van der Waals surface area contributed by atoms with E-state index in [0.717, 1.165) is 0 Å². The molecule has 0 aliphatic rings. The fourth-order valence-corrected chi connectivity index (χ4v) is 2.43. The average Bonchev–Trinajstić information content (AvgIpc) is 3.01. The van der Waals surface area contributed by atoms with Gasteiger partial charge in [0.2, 0.25) is 0 Å². The first-order chi connectivity index (χ1) is 12.8. The molecule has 2 aromatic heterocycles. The van der Waals surface area contributed by atoms with Gasteiger partial charge in [0.1, 0.15) is 5.82 Å². The highest BCUT2D eigenvalue weighted by Crippen LogP contribution is 2.21. The van der Waals surface area contributed by atoms with Crippen LogP contribution in [0.3, 0.4) is 0 Å². The molecule has 0 atom stereocenters. The number of nitrogens with zero attached hydrogens (tertiary/aromatic N) is 4. The van der Waals surface area contributed by atoms with Crippen LogP contribution >= 0.6 is 0 Å². The zero-order valence-corrected chi connectivity index (χ0v) is 14.5. The number of nitrogens with one attached hydrogen (secondary N) is 1. The number of amides is 1. The molecule has 0 unspecified atom stereocenters. The third kappa shape index (κ3) is 3.89. The number of nitro benzene ring substituents is 1. The number of nitro groups is 1. The second-order valence-corrected chi connectivity index (χ2v) is 5.77. The summed E-state index contributed by atoms with van der Waals surface area (Å²) in [6.07, 6.45) is 1.53. The van der Waals surface area contributed by atoms with Crippen molar-refractivity contribution in [1.82, 2.24) is 14.6 Å². The molecule has 3 aromatic rings. The average molecular weight is 369 g/mol. The van der Waals surface area contributed by atoms with Crippen molar-refractivity contribution in [1.29, 1.82) is 0 Å². The van der Waals surface area contributed by atoms with E-state index in [2.05, 4.69) is 15.5 Å². The van der Waals surface area contributed by atoms with E-state index >= 15 is 0 Å². The van der Waals surface area contributed by atoms with Crippen LogP contribution in [0.5, 0.6) is 0 Å². The van der Waals surface area contributed by atoms with Crippen LogP contribution in [0.25, 0.3) is 5.65 Å². The summed E-state index contributed by atoms with van der Waals surface area (Å²) in [4.78, 5) is 34.3. The van der Waals surface area contributed by atoms with Crippen molar-refractivity contribution in [3.8, 4) is 0 Å². The molecule has 138 valence electrons. The summed E-state index contributed by atoms with van der Waals surface area (Å²) in [5, 5.41) is 21.1. The lowest BCUT2D eigenvalue weighted by Crippen LogP contribution is -2.21. The maximum absolute atomic E-state index is 12.1. The molecule has 1 aromatic carbocycles. The van der Waals surface area contributed by atoms with E-state index in [1.807, 2.05) is 0 Å². The summed E-state index contributed by atoms with van der Waals surface area (Å²) in [6.45, 7) is 2.88. The van der Waals surface area contributed by atoms with Crippen molar-refractivity contribution in [2.45, 2.75) is 13.8 Å². The van der Waals surface area contributed by atoms with Crippen LogP contribution in [0.4, 0.5) is 11.4 Å². The Morgan fingerprint density at radius 3 is 2.70 bits per heavy atom. The molecule has 10 nitrogen and oxygen atoms in total. The van der Waals surface area contributed by atoms with Crippen molar-refractivity contribution >= 4 is 28.9 Å². The Labute approximate surface area is 152 Å². The molecule has 1 amide bonds. The molecule has 0 saturated carbocycles. The third-order valence-corrected chi connectivity index (χ3v) is 3.84. The summed E-state index contributed by atoms with van der Waals surface area (Å²) in [7, 11) is 0. The highest BCUT2D eigenvalue weighted by atomic mass is 16.6. The molecule has 0 fully saturated rings. The summed E-state index contributed by atoms with van der Waals surface area (Å²) in [5.41, 5.74) is 1.71. The van der Waals surface area contributed by atoms with Gasteiger partial charge in [-0.05, 0) is 37.6 Å². The van der Waals surface area contributed by atoms with Gasteiger partial charge in [-0.2, -0.15) is 0 Å². The van der Waals surface area contributed by atoms with Gasteiger partial charge in [0.05, 0.1) is 10.5 Å². The SMILES string of the molecule is Cc1cc([N+](=O)[O-])ccc1NC(=O)COC(=O)c1ccc2nnc(C)n2c1. The first-order valence-electron chi connectivity index (χ1n) is 7.88. The number of hydrogen-bond acceptors (Lipinski definition) is 7. The Kier molecular flexibility index (Phi) is 4.79. The minimum absolute atomic E-state index is 0.0726. The number of pyridine rings is 1. The topological polar surface area (TPSA) is 129 Å². The van der Waals surface area contributed by atoms with Crippen LogP contribution in [0.15, 0.2) is 36.5 Å². The number of carbonyl (C=O) groups is 2. The van der Waals surface area contributed by atoms with Crippen molar-refractivity contribution < 1.29 is 19.2 Å². The van der Waals surface area contributed by atoms with E-state index in [4.69, 9.17) is 4.74 Å². The largest absolute Gasteiger partial charge is 0.452 e. The Hall–Kier alpha value is -3.82. The lowest BCUT2D eigenvalue weighted by Gasteiger charge is -2.09. The summed E-state index contributed by atoms with van der Waals surface area (Å²) >= 11 is 0. The summed E-state index contributed by atoms with van der Waals surface area (Å²) in [5.74, 6) is -0.603. The number of aryl methyl sites for hydroxylation is 2. The van der Waals surface area contributed by atoms with Gasteiger partial charge in [0.25, 0.3) is 11.6 Å². The number of rotatable bonds is 5. The van der Waals surface area contributed by atoms with Gasteiger partial charge in [0.15, 0.2) is 12.3 Å². The van der Waals surface area contributed by atoms with Crippen molar-refractivity contribution in [2.24, 2.45) is 0 Å². The van der Waals surface area contributed by atoms with Gasteiger partial charge in [-0.25, -0.2) is 4.79 Å². The Balaban J connectivity index is 1.62. The molecule has 0 radical (unpaired) electrons. The number of esters is 1. The quantitative estimate of drug-likeness (QED) is 0.414. The standard InChI is InChI=1S/C17H15N5O5/c1-10-7-13(22(25)26)4-5-14(10)18-16(23)9-27-17(24)12-3-6-15-20-19-11(2)21(15)8-12/h3-8H,9H2,1-2H3,(H,18,23). The monoisotopic (exact) mass is 369 g/mol. The van der Waals surface area contributed by atoms with Gasteiger partial charge in [-0.1, -0.05) is 0 Å². The normalized spacial score (nSPS) is 10.6. The number of hydrogen-bond donors (Lipinski definition) is 1. The van der Waals surface area contributed by atoms with E-state index in [1.54, 1.807) is 24.3 Å². The minimum atomic E-state index is -0.666. The van der Waals surface area contributed by atoms with Crippen LogP contribution in [-0.4, -0.2) is 38.0 Å². The van der Waals surface area contributed by atoms with Crippen molar-refractivity contribution in [3.05, 3.63) is 63.6 Å². The van der Waals surface area contributed by atoms with E-state index in [9.17, 15) is 19.7 Å². The van der Waals surface area contributed by atoms with Gasteiger partial charge < -0.3 is 10.1 Å². The van der Waals surface area contributed by atoms with Crippen LogP contribution in [-0.2, 0) is 9.53 Å². The lowest BCUT2D eigenvalue weighted by atomic mass is 10.2. The number of anilines is 1. The van der Waals surface area contributed by atoms with E-state index in [1.165, 1.54) is 30.5 Å². The first-order valence-corrected chi connectivity index (χ1v) is 7.88.